The van der Waals surface area contributed by atoms with E-state index >= 15 is 0 Å². The molecule has 0 amide bonds. The molecule has 2 saturated heterocycles. The topological polar surface area (TPSA) is 99.2 Å². The molecular formula is C23H27N9O2. The second-order valence-corrected chi connectivity index (χ2v) is 8.66. The third kappa shape index (κ3) is 3.81. The molecule has 2 aliphatic rings. The highest BCUT2D eigenvalue weighted by Crippen LogP contribution is 2.29. The summed E-state index contributed by atoms with van der Waals surface area (Å²) in [6.07, 6.45) is 5.38. The van der Waals surface area contributed by atoms with Gasteiger partial charge in [-0.05, 0) is 25.2 Å². The molecule has 0 radical (unpaired) electrons. The van der Waals surface area contributed by atoms with Crippen molar-refractivity contribution in [3.8, 4) is 17.3 Å². The lowest BCUT2D eigenvalue weighted by Gasteiger charge is -2.28. The number of anilines is 1. The van der Waals surface area contributed by atoms with Gasteiger partial charge >= 0.3 is 0 Å². The molecule has 6 heterocycles. The number of likely N-dealkylation sites (N-methyl/N-ethyl adjacent to an activating group) is 1. The van der Waals surface area contributed by atoms with Crippen molar-refractivity contribution in [3.63, 3.8) is 0 Å². The van der Waals surface area contributed by atoms with E-state index in [1.165, 1.54) is 0 Å². The number of aryl methyl sites for hydroxylation is 1. The Morgan fingerprint density at radius 2 is 1.76 bits per heavy atom. The Hall–Kier alpha value is -3.41. The number of ether oxygens (including phenoxy) is 2. The van der Waals surface area contributed by atoms with Crippen molar-refractivity contribution in [3.05, 3.63) is 42.5 Å². The number of nitrogens with zero attached hydrogens (tertiary/aromatic N) is 9. The van der Waals surface area contributed by atoms with E-state index in [1.807, 2.05) is 36.0 Å². The normalized spacial score (nSPS) is 19.7. The smallest absolute Gasteiger partial charge is 0.254 e. The Labute approximate surface area is 197 Å². The lowest BCUT2D eigenvalue weighted by molar-refractivity contribution is -0.0232. The van der Waals surface area contributed by atoms with Gasteiger partial charge < -0.3 is 23.8 Å². The molecule has 176 valence electrons. The Balaban J connectivity index is 1.45. The SMILES string of the molecule is CN1CCOC(c2ccn(-c3nc(N4CCOCC4)c4nc(-c5ccncc5)n(C)c4n3)n2)C1. The van der Waals surface area contributed by atoms with Crippen LogP contribution in [0.1, 0.15) is 11.8 Å². The molecule has 0 N–H and O–H groups in total. The molecule has 0 spiro atoms. The summed E-state index contributed by atoms with van der Waals surface area (Å²) in [5.74, 6) is 2.12. The molecule has 1 unspecified atom stereocenters. The van der Waals surface area contributed by atoms with Crippen molar-refractivity contribution in [1.82, 2.24) is 39.2 Å². The van der Waals surface area contributed by atoms with E-state index in [9.17, 15) is 0 Å². The van der Waals surface area contributed by atoms with Gasteiger partial charge in [0.25, 0.3) is 5.95 Å². The second kappa shape index (κ2) is 8.75. The van der Waals surface area contributed by atoms with Crippen LogP contribution in [0.3, 0.4) is 0 Å². The Bertz CT molecular complexity index is 1300. The van der Waals surface area contributed by atoms with Gasteiger partial charge in [0.15, 0.2) is 17.0 Å². The molecule has 0 saturated carbocycles. The molecule has 4 aromatic rings. The van der Waals surface area contributed by atoms with Gasteiger partial charge in [0, 0.05) is 57.4 Å². The summed E-state index contributed by atoms with van der Waals surface area (Å²) >= 11 is 0. The van der Waals surface area contributed by atoms with Crippen LogP contribution >= 0.6 is 0 Å². The number of aromatic nitrogens is 7. The predicted molar refractivity (Wildman–Crippen MR) is 126 cm³/mol. The van der Waals surface area contributed by atoms with E-state index in [1.54, 1.807) is 17.1 Å². The largest absolute Gasteiger partial charge is 0.378 e. The van der Waals surface area contributed by atoms with Gasteiger partial charge in [-0.25, -0.2) is 9.67 Å². The van der Waals surface area contributed by atoms with Crippen LogP contribution in [-0.4, -0.2) is 92.2 Å². The Morgan fingerprint density at radius 1 is 0.941 bits per heavy atom. The maximum Gasteiger partial charge on any atom is 0.254 e. The van der Waals surface area contributed by atoms with Crippen LogP contribution < -0.4 is 4.90 Å². The first kappa shape index (κ1) is 21.1. The molecule has 0 bridgehead atoms. The van der Waals surface area contributed by atoms with Crippen LogP contribution in [0.15, 0.2) is 36.8 Å². The standard InChI is InChI=1S/C23H27N9O2/c1-29-9-14-34-18(15-29)17-5-8-32(28-17)23-26-21-19(22(27-23)31-10-12-33-13-11-31)25-20(30(21)2)16-3-6-24-7-4-16/h3-8,18H,9-15H2,1-2H3. The van der Waals surface area contributed by atoms with Crippen molar-refractivity contribution in [1.29, 1.82) is 0 Å². The highest BCUT2D eigenvalue weighted by Gasteiger charge is 2.25. The second-order valence-electron chi connectivity index (χ2n) is 8.66. The number of fused-ring (bicyclic) bond motifs is 1. The molecule has 34 heavy (non-hydrogen) atoms. The first-order valence-corrected chi connectivity index (χ1v) is 11.5. The zero-order chi connectivity index (χ0) is 23.1. The summed E-state index contributed by atoms with van der Waals surface area (Å²) in [5.41, 5.74) is 3.38. The molecule has 4 aromatic heterocycles. The number of rotatable bonds is 4. The number of hydrogen-bond acceptors (Lipinski definition) is 9. The van der Waals surface area contributed by atoms with E-state index in [-0.39, 0.29) is 6.10 Å². The van der Waals surface area contributed by atoms with Crippen LogP contribution in [0.2, 0.25) is 0 Å². The summed E-state index contributed by atoms with van der Waals surface area (Å²) in [7, 11) is 4.08. The summed E-state index contributed by atoms with van der Waals surface area (Å²) < 4.78 is 15.3. The van der Waals surface area contributed by atoms with Crippen molar-refractivity contribution >= 4 is 17.0 Å². The summed E-state index contributed by atoms with van der Waals surface area (Å²) in [4.78, 5) is 23.4. The van der Waals surface area contributed by atoms with Gasteiger partial charge in [-0.1, -0.05) is 0 Å². The fraction of sp³-hybridized carbons (Fsp3) is 0.435. The van der Waals surface area contributed by atoms with Crippen molar-refractivity contribution < 1.29 is 9.47 Å². The summed E-state index contributed by atoms with van der Waals surface area (Å²) in [6, 6.07) is 5.88. The average molecular weight is 462 g/mol. The van der Waals surface area contributed by atoms with Crippen molar-refractivity contribution in [2.75, 3.05) is 57.9 Å². The number of hydrogen-bond donors (Lipinski definition) is 0. The zero-order valence-corrected chi connectivity index (χ0v) is 19.3. The summed E-state index contributed by atoms with van der Waals surface area (Å²) in [5, 5.41) is 4.79. The fourth-order valence-corrected chi connectivity index (χ4v) is 4.47. The lowest BCUT2D eigenvalue weighted by Crippen LogP contribution is -2.37. The first-order chi connectivity index (χ1) is 16.7. The predicted octanol–water partition coefficient (Wildman–Crippen LogP) is 1.45. The molecule has 1 atom stereocenters. The van der Waals surface area contributed by atoms with Gasteiger partial charge in [0.05, 0.1) is 25.5 Å². The quantitative estimate of drug-likeness (QED) is 0.447. The molecule has 0 aromatic carbocycles. The monoisotopic (exact) mass is 461 g/mol. The maximum atomic E-state index is 5.94. The number of imidazole rings is 1. The van der Waals surface area contributed by atoms with Crippen LogP contribution in [-0.2, 0) is 16.5 Å². The molecular weight excluding hydrogens is 434 g/mol. The van der Waals surface area contributed by atoms with E-state index in [0.29, 0.717) is 25.8 Å². The van der Waals surface area contributed by atoms with Crippen LogP contribution in [0.4, 0.5) is 5.82 Å². The van der Waals surface area contributed by atoms with Crippen molar-refractivity contribution in [2.45, 2.75) is 6.10 Å². The number of pyridine rings is 1. The van der Waals surface area contributed by atoms with Gasteiger partial charge in [0.2, 0.25) is 0 Å². The minimum atomic E-state index is -0.0579. The highest BCUT2D eigenvalue weighted by atomic mass is 16.5. The minimum absolute atomic E-state index is 0.0579. The lowest BCUT2D eigenvalue weighted by atomic mass is 10.2. The molecule has 2 fully saturated rings. The molecule has 0 aliphatic carbocycles. The number of morpholine rings is 2. The van der Waals surface area contributed by atoms with E-state index in [0.717, 1.165) is 60.2 Å². The fourth-order valence-electron chi connectivity index (χ4n) is 4.47. The van der Waals surface area contributed by atoms with Crippen LogP contribution in [0.25, 0.3) is 28.5 Å². The minimum Gasteiger partial charge on any atom is -0.378 e. The van der Waals surface area contributed by atoms with Crippen LogP contribution in [0.5, 0.6) is 0 Å². The van der Waals surface area contributed by atoms with Gasteiger partial charge in [-0.15, -0.1) is 0 Å². The average Bonchev–Trinajstić information content (AvgIpc) is 3.50. The van der Waals surface area contributed by atoms with E-state index in [4.69, 9.17) is 29.5 Å². The van der Waals surface area contributed by atoms with Crippen molar-refractivity contribution in [2.24, 2.45) is 7.05 Å². The zero-order valence-electron chi connectivity index (χ0n) is 19.3. The van der Waals surface area contributed by atoms with Gasteiger partial charge in [0.1, 0.15) is 11.9 Å². The van der Waals surface area contributed by atoms with Crippen LogP contribution in [0, 0.1) is 0 Å². The first-order valence-electron chi connectivity index (χ1n) is 11.5. The Kier molecular flexibility index (Phi) is 5.44. The molecule has 2 aliphatic heterocycles. The van der Waals surface area contributed by atoms with E-state index in [2.05, 4.69) is 21.8 Å². The van der Waals surface area contributed by atoms with Gasteiger partial charge in [-0.3, -0.25) is 4.98 Å². The summed E-state index contributed by atoms with van der Waals surface area (Å²) in [6.45, 7) is 5.25. The molecule has 11 heteroatoms. The third-order valence-corrected chi connectivity index (χ3v) is 6.35. The molecule has 11 nitrogen and oxygen atoms in total. The Morgan fingerprint density at radius 3 is 2.56 bits per heavy atom. The van der Waals surface area contributed by atoms with E-state index < -0.39 is 0 Å². The maximum absolute atomic E-state index is 5.94. The third-order valence-electron chi connectivity index (χ3n) is 6.35. The molecule has 6 rings (SSSR count). The van der Waals surface area contributed by atoms with Gasteiger partial charge in [-0.2, -0.15) is 15.1 Å². The highest BCUT2D eigenvalue weighted by molar-refractivity contribution is 5.87.